The summed E-state index contributed by atoms with van der Waals surface area (Å²) in [5.74, 6) is 0.124. The summed E-state index contributed by atoms with van der Waals surface area (Å²) in [6, 6.07) is 12.1. The first-order valence-corrected chi connectivity index (χ1v) is 9.23. The van der Waals surface area contributed by atoms with Crippen molar-refractivity contribution >= 4 is 40.2 Å². The minimum Gasteiger partial charge on any atom is -0.494 e. The second kappa shape index (κ2) is 10.0. The summed E-state index contributed by atoms with van der Waals surface area (Å²) >= 11 is 2.14. The van der Waals surface area contributed by atoms with Crippen molar-refractivity contribution in [3.8, 4) is 11.5 Å². The zero-order valence-electron chi connectivity index (χ0n) is 14.6. The summed E-state index contributed by atoms with van der Waals surface area (Å²) in [5, 5.41) is 2.69. The van der Waals surface area contributed by atoms with Crippen molar-refractivity contribution in [3.63, 3.8) is 0 Å². The Morgan fingerprint density at radius 1 is 1.00 bits per heavy atom. The van der Waals surface area contributed by atoms with Crippen LogP contribution in [0.3, 0.4) is 0 Å². The van der Waals surface area contributed by atoms with Crippen LogP contribution < -0.4 is 14.8 Å². The van der Waals surface area contributed by atoms with Crippen molar-refractivity contribution in [2.45, 2.75) is 13.8 Å². The molecule has 138 valence electrons. The van der Waals surface area contributed by atoms with Crippen LogP contribution in [0.5, 0.6) is 11.5 Å². The molecule has 0 spiro atoms. The molecule has 1 N–H and O–H groups in total. The van der Waals surface area contributed by atoms with E-state index in [1.165, 1.54) is 0 Å². The maximum absolute atomic E-state index is 12.1. The highest BCUT2D eigenvalue weighted by atomic mass is 127. The summed E-state index contributed by atoms with van der Waals surface area (Å²) < 4.78 is 17.0. The topological polar surface area (TPSA) is 73.9 Å². The van der Waals surface area contributed by atoms with Gasteiger partial charge in [0.05, 0.1) is 24.5 Å². The third-order valence-corrected chi connectivity index (χ3v) is 3.97. The highest BCUT2D eigenvalue weighted by Gasteiger charge is 2.13. The van der Waals surface area contributed by atoms with E-state index in [4.69, 9.17) is 14.2 Å². The first-order chi connectivity index (χ1) is 12.5. The van der Waals surface area contributed by atoms with Gasteiger partial charge in [0.25, 0.3) is 5.91 Å². The quantitative estimate of drug-likeness (QED) is 0.469. The Morgan fingerprint density at radius 2 is 1.69 bits per heavy atom. The van der Waals surface area contributed by atoms with Gasteiger partial charge in [-0.2, -0.15) is 0 Å². The molecule has 0 aromatic heterocycles. The third kappa shape index (κ3) is 5.91. The number of rotatable bonds is 8. The van der Waals surface area contributed by atoms with Gasteiger partial charge in [-0.1, -0.05) is 0 Å². The molecule has 0 heterocycles. The molecular weight excluding hydrogens is 449 g/mol. The second-order valence-corrected chi connectivity index (χ2v) is 6.40. The van der Waals surface area contributed by atoms with Crippen molar-refractivity contribution in [2.24, 2.45) is 0 Å². The molecular formula is C19H20INO5. The number of benzene rings is 2. The second-order valence-electron chi connectivity index (χ2n) is 5.16. The van der Waals surface area contributed by atoms with Crippen molar-refractivity contribution in [1.82, 2.24) is 0 Å². The van der Waals surface area contributed by atoms with Crippen LogP contribution in [0.4, 0.5) is 5.69 Å². The molecule has 0 bridgehead atoms. The van der Waals surface area contributed by atoms with Crippen molar-refractivity contribution in [1.29, 1.82) is 0 Å². The minimum atomic E-state index is -0.551. The number of carbonyl (C=O) groups excluding carboxylic acids is 2. The highest BCUT2D eigenvalue weighted by molar-refractivity contribution is 14.1. The normalized spacial score (nSPS) is 10.1. The van der Waals surface area contributed by atoms with E-state index in [1.807, 2.05) is 13.8 Å². The number of hydrogen-bond acceptors (Lipinski definition) is 5. The van der Waals surface area contributed by atoms with Gasteiger partial charge in [-0.3, -0.25) is 4.79 Å². The van der Waals surface area contributed by atoms with E-state index in [0.29, 0.717) is 36.0 Å². The lowest BCUT2D eigenvalue weighted by Gasteiger charge is -2.13. The molecule has 2 aromatic rings. The molecule has 0 radical (unpaired) electrons. The van der Waals surface area contributed by atoms with Gasteiger partial charge < -0.3 is 19.5 Å². The highest BCUT2D eigenvalue weighted by Crippen LogP contribution is 2.29. The van der Waals surface area contributed by atoms with Gasteiger partial charge >= 0.3 is 5.97 Å². The van der Waals surface area contributed by atoms with Crippen LogP contribution in [-0.4, -0.2) is 31.7 Å². The smallest absolute Gasteiger partial charge is 0.338 e. The van der Waals surface area contributed by atoms with E-state index in [0.717, 1.165) is 3.57 Å². The van der Waals surface area contributed by atoms with Crippen LogP contribution >= 0.6 is 22.6 Å². The minimum absolute atomic E-state index is 0.394. The molecule has 0 aliphatic rings. The Balaban J connectivity index is 1.98. The lowest BCUT2D eigenvalue weighted by Crippen LogP contribution is -2.21. The monoisotopic (exact) mass is 469 g/mol. The van der Waals surface area contributed by atoms with Crippen molar-refractivity contribution in [2.75, 3.05) is 25.1 Å². The Kier molecular flexibility index (Phi) is 7.71. The van der Waals surface area contributed by atoms with Gasteiger partial charge in [0.1, 0.15) is 11.5 Å². The molecule has 2 aromatic carbocycles. The summed E-state index contributed by atoms with van der Waals surface area (Å²) in [4.78, 5) is 24.1. The summed E-state index contributed by atoms with van der Waals surface area (Å²) in [7, 11) is 0. The Hall–Kier alpha value is -2.29. The average molecular weight is 469 g/mol. The van der Waals surface area contributed by atoms with E-state index >= 15 is 0 Å². The number of hydrogen-bond donors (Lipinski definition) is 1. The molecule has 6 nitrogen and oxygen atoms in total. The Morgan fingerprint density at radius 3 is 2.35 bits per heavy atom. The molecule has 0 fully saturated rings. The third-order valence-electron chi connectivity index (χ3n) is 3.25. The fourth-order valence-electron chi connectivity index (χ4n) is 2.13. The largest absolute Gasteiger partial charge is 0.494 e. The van der Waals surface area contributed by atoms with E-state index in [2.05, 4.69) is 27.9 Å². The lowest BCUT2D eigenvalue weighted by molar-refractivity contribution is -0.119. The lowest BCUT2D eigenvalue weighted by atomic mass is 10.2. The van der Waals surface area contributed by atoms with Gasteiger partial charge in [-0.15, -0.1) is 0 Å². The maximum Gasteiger partial charge on any atom is 0.338 e. The zero-order valence-corrected chi connectivity index (χ0v) is 16.7. The number of halogens is 1. The summed E-state index contributed by atoms with van der Waals surface area (Å²) in [6.07, 6.45) is 0. The molecule has 0 unspecified atom stereocenters. The van der Waals surface area contributed by atoms with E-state index in [1.54, 1.807) is 42.5 Å². The fraction of sp³-hybridized carbons (Fsp3) is 0.263. The van der Waals surface area contributed by atoms with Crippen LogP contribution in [0, 0.1) is 3.57 Å². The fourth-order valence-corrected chi connectivity index (χ4v) is 2.49. The number of esters is 1. The standard InChI is InChI=1S/C19H20INO5/c1-3-24-15-9-10-17(25-4-2)16(11-15)21-18(22)12-26-19(23)13-5-7-14(20)8-6-13/h5-11H,3-4,12H2,1-2H3,(H,21,22). The first kappa shape index (κ1) is 20.0. The molecule has 0 saturated heterocycles. The van der Waals surface area contributed by atoms with Crippen molar-refractivity contribution < 1.29 is 23.8 Å². The maximum atomic E-state index is 12.1. The van der Waals surface area contributed by atoms with Gasteiger partial charge in [-0.25, -0.2) is 4.79 Å². The molecule has 0 saturated carbocycles. The van der Waals surface area contributed by atoms with Crippen LogP contribution in [-0.2, 0) is 9.53 Å². The molecule has 26 heavy (non-hydrogen) atoms. The summed E-state index contributed by atoms with van der Waals surface area (Å²) in [6.45, 7) is 4.30. The van der Waals surface area contributed by atoms with Gasteiger partial charge in [0.15, 0.2) is 6.61 Å². The van der Waals surface area contributed by atoms with Gasteiger partial charge in [-0.05, 0) is 72.8 Å². The van der Waals surface area contributed by atoms with Crippen molar-refractivity contribution in [3.05, 3.63) is 51.6 Å². The first-order valence-electron chi connectivity index (χ1n) is 8.15. The Bertz CT molecular complexity index is 761. The molecule has 7 heteroatoms. The molecule has 0 aliphatic carbocycles. The van der Waals surface area contributed by atoms with Crippen LogP contribution in [0.2, 0.25) is 0 Å². The number of ether oxygens (including phenoxy) is 3. The predicted molar refractivity (Wildman–Crippen MR) is 107 cm³/mol. The van der Waals surface area contributed by atoms with Crippen LogP contribution in [0.25, 0.3) is 0 Å². The van der Waals surface area contributed by atoms with Gasteiger partial charge in [0.2, 0.25) is 0 Å². The molecule has 0 aliphatic heterocycles. The average Bonchev–Trinajstić information content (AvgIpc) is 2.63. The van der Waals surface area contributed by atoms with Gasteiger partial charge in [0, 0.05) is 9.64 Å². The molecule has 0 atom stereocenters. The number of amides is 1. The van der Waals surface area contributed by atoms with E-state index in [9.17, 15) is 9.59 Å². The summed E-state index contributed by atoms with van der Waals surface area (Å²) in [5.41, 5.74) is 0.861. The van der Waals surface area contributed by atoms with Crippen LogP contribution in [0.1, 0.15) is 24.2 Å². The number of nitrogens with one attached hydrogen (secondary N) is 1. The predicted octanol–water partition coefficient (Wildman–Crippen LogP) is 3.88. The molecule has 2 rings (SSSR count). The zero-order chi connectivity index (χ0) is 18.9. The van der Waals surface area contributed by atoms with Crippen LogP contribution in [0.15, 0.2) is 42.5 Å². The number of carbonyl (C=O) groups is 2. The molecule has 1 amide bonds. The Labute approximate surface area is 166 Å². The SMILES string of the molecule is CCOc1ccc(OCC)c(NC(=O)COC(=O)c2ccc(I)cc2)c1. The number of anilines is 1. The van der Waals surface area contributed by atoms with E-state index in [-0.39, 0.29) is 0 Å². The van der Waals surface area contributed by atoms with E-state index < -0.39 is 18.5 Å².